The molecule has 0 radical (unpaired) electrons. The zero-order chi connectivity index (χ0) is 7.56. The van der Waals surface area contributed by atoms with E-state index in [4.69, 9.17) is 10.8 Å². The first-order valence-electron chi connectivity index (χ1n) is 2.69. The molecule has 0 aliphatic rings. The number of carboxylic acids is 1. The second-order valence-electron chi connectivity index (χ2n) is 1.79. The van der Waals surface area contributed by atoms with Crippen molar-refractivity contribution in [3.63, 3.8) is 0 Å². The lowest BCUT2D eigenvalue weighted by molar-refractivity contribution is -0.138. The van der Waals surface area contributed by atoms with Crippen molar-refractivity contribution < 1.29 is 9.90 Å². The van der Waals surface area contributed by atoms with Gasteiger partial charge in [-0.05, 0) is 0 Å². The van der Waals surface area contributed by atoms with E-state index in [1.165, 1.54) is 12.4 Å². The van der Waals surface area contributed by atoms with Crippen molar-refractivity contribution >= 4 is 5.97 Å². The molecule has 1 unspecified atom stereocenters. The van der Waals surface area contributed by atoms with Gasteiger partial charge in [0.1, 0.15) is 5.82 Å². The van der Waals surface area contributed by atoms with Crippen LogP contribution in [0.25, 0.3) is 0 Å². The van der Waals surface area contributed by atoms with E-state index in [-0.39, 0.29) is 5.82 Å². The first-order chi connectivity index (χ1) is 4.72. The molecular weight excluding hydrogens is 134 g/mol. The molecule has 1 aromatic heterocycles. The predicted molar refractivity (Wildman–Crippen MR) is 33.2 cm³/mol. The van der Waals surface area contributed by atoms with Gasteiger partial charge in [-0.1, -0.05) is 0 Å². The van der Waals surface area contributed by atoms with E-state index >= 15 is 0 Å². The summed E-state index contributed by atoms with van der Waals surface area (Å²) in [5, 5.41) is 8.37. The average molecular weight is 141 g/mol. The Labute approximate surface area is 56.9 Å². The second-order valence-corrected chi connectivity index (χ2v) is 1.79. The summed E-state index contributed by atoms with van der Waals surface area (Å²) in [5.74, 6) is -0.817. The van der Waals surface area contributed by atoms with Crippen molar-refractivity contribution in [2.75, 3.05) is 0 Å². The second kappa shape index (κ2) is 2.49. The molecule has 0 saturated carbocycles. The van der Waals surface area contributed by atoms with Crippen LogP contribution < -0.4 is 5.73 Å². The number of imidazole rings is 1. The molecule has 0 spiro atoms. The number of aromatic nitrogens is 2. The molecule has 4 N–H and O–H groups in total. The van der Waals surface area contributed by atoms with Crippen LogP contribution in [0.3, 0.4) is 0 Å². The third-order valence-electron chi connectivity index (χ3n) is 1.08. The SMILES string of the molecule is NC(C(=O)O)c1ncc[nH]1. The Morgan fingerprint density at radius 2 is 2.60 bits per heavy atom. The van der Waals surface area contributed by atoms with E-state index in [0.29, 0.717) is 0 Å². The third-order valence-corrected chi connectivity index (χ3v) is 1.08. The van der Waals surface area contributed by atoms with Crippen molar-refractivity contribution in [1.82, 2.24) is 9.97 Å². The average Bonchev–Trinajstić information content (AvgIpc) is 2.36. The van der Waals surface area contributed by atoms with Crippen LogP contribution in [0.15, 0.2) is 12.4 Å². The summed E-state index contributed by atoms with van der Waals surface area (Å²) < 4.78 is 0. The van der Waals surface area contributed by atoms with Crippen LogP contribution in [0, 0.1) is 0 Å². The van der Waals surface area contributed by atoms with Crippen molar-refractivity contribution in [2.45, 2.75) is 6.04 Å². The lowest BCUT2D eigenvalue weighted by atomic mass is 10.3. The number of hydrogen-bond acceptors (Lipinski definition) is 3. The van der Waals surface area contributed by atoms with Gasteiger partial charge < -0.3 is 15.8 Å². The quantitative estimate of drug-likeness (QED) is 0.517. The van der Waals surface area contributed by atoms with Crippen LogP contribution in [0.1, 0.15) is 11.9 Å². The van der Waals surface area contributed by atoms with Crippen molar-refractivity contribution in [1.29, 1.82) is 0 Å². The molecular formula is C5H7N3O2. The highest BCUT2D eigenvalue weighted by atomic mass is 16.4. The fourth-order valence-corrected chi connectivity index (χ4v) is 0.565. The van der Waals surface area contributed by atoms with E-state index in [9.17, 15) is 4.79 Å². The van der Waals surface area contributed by atoms with Crippen LogP contribution in [-0.4, -0.2) is 21.0 Å². The summed E-state index contributed by atoms with van der Waals surface area (Å²) in [6.45, 7) is 0. The van der Waals surface area contributed by atoms with Crippen LogP contribution in [0.2, 0.25) is 0 Å². The summed E-state index contributed by atoms with van der Waals surface area (Å²) in [6.07, 6.45) is 2.98. The first kappa shape index (κ1) is 6.76. The fourth-order valence-electron chi connectivity index (χ4n) is 0.565. The molecule has 1 heterocycles. The molecule has 5 nitrogen and oxygen atoms in total. The normalized spacial score (nSPS) is 12.9. The number of carbonyl (C=O) groups is 1. The van der Waals surface area contributed by atoms with Crippen LogP contribution >= 0.6 is 0 Å². The van der Waals surface area contributed by atoms with Crippen molar-refractivity contribution in [3.8, 4) is 0 Å². The minimum atomic E-state index is -1.09. The molecule has 0 saturated heterocycles. The zero-order valence-corrected chi connectivity index (χ0v) is 5.11. The highest BCUT2D eigenvalue weighted by Gasteiger charge is 2.15. The molecule has 0 aliphatic heterocycles. The fraction of sp³-hybridized carbons (Fsp3) is 0.200. The number of aliphatic carboxylic acids is 1. The maximum absolute atomic E-state index is 10.2. The van der Waals surface area contributed by atoms with Gasteiger partial charge in [0, 0.05) is 12.4 Å². The molecule has 10 heavy (non-hydrogen) atoms. The zero-order valence-electron chi connectivity index (χ0n) is 5.11. The minimum Gasteiger partial charge on any atom is -0.480 e. The van der Waals surface area contributed by atoms with Gasteiger partial charge in [0.2, 0.25) is 0 Å². The van der Waals surface area contributed by atoms with Crippen LogP contribution in [-0.2, 0) is 4.79 Å². The first-order valence-corrected chi connectivity index (χ1v) is 2.69. The number of nitrogens with zero attached hydrogens (tertiary/aromatic N) is 1. The Kier molecular flexibility index (Phi) is 1.68. The van der Waals surface area contributed by atoms with Crippen molar-refractivity contribution in [3.05, 3.63) is 18.2 Å². The number of nitrogens with two attached hydrogens (primary N) is 1. The lowest BCUT2D eigenvalue weighted by Gasteiger charge is -1.99. The van der Waals surface area contributed by atoms with E-state index in [1.807, 2.05) is 0 Å². The molecule has 0 bridgehead atoms. The standard InChI is InChI=1S/C5H7N3O2/c6-3(5(9)10)4-7-1-2-8-4/h1-3H,6H2,(H,7,8)(H,9,10). The number of carboxylic acid groups (broad SMARTS) is 1. The molecule has 0 amide bonds. The van der Waals surface area contributed by atoms with Gasteiger partial charge in [-0.25, -0.2) is 4.98 Å². The topological polar surface area (TPSA) is 92.0 Å². The van der Waals surface area contributed by atoms with E-state index in [1.54, 1.807) is 0 Å². The van der Waals surface area contributed by atoms with Crippen LogP contribution in [0.4, 0.5) is 0 Å². The van der Waals surface area contributed by atoms with Gasteiger partial charge in [-0.15, -0.1) is 0 Å². The highest BCUT2D eigenvalue weighted by molar-refractivity contribution is 5.73. The molecule has 1 rings (SSSR count). The summed E-state index contributed by atoms with van der Waals surface area (Å²) in [6, 6.07) is -1.05. The predicted octanol–water partition coefficient (Wildman–Crippen LogP) is -0.506. The smallest absolute Gasteiger partial charge is 0.328 e. The molecule has 1 atom stereocenters. The summed E-state index contributed by atoms with van der Waals surface area (Å²) in [4.78, 5) is 16.5. The molecule has 54 valence electrons. The highest BCUT2D eigenvalue weighted by Crippen LogP contribution is 2.01. The van der Waals surface area contributed by atoms with Gasteiger partial charge in [-0.3, -0.25) is 4.79 Å². The number of hydrogen-bond donors (Lipinski definition) is 3. The molecule has 0 fully saturated rings. The van der Waals surface area contributed by atoms with Gasteiger partial charge in [0.05, 0.1) is 0 Å². The molecule has 5 heteroatoms. The molecule has 1 aromatic rings. The van der Waals surface area contributed by atoms with E-state index in [0.717, 1.165) is 0 Å². The summed E-state index contributed by atoms with van der Waals surface area (Å²) in [7, 11) is 0. The Morgan fingerprint density at radius 3 is 3.00 bits per heavy atom. The van der Waals surface area contributed by atoms with E-state index < -0.39 is 12.0 Å². The third kappa shape index (κ3) is 1.14. The monoisotopic (exact) mass is 141 g/mol. The Bertz CT molecular complexity index is 219. The van der Waals surface area contributed by atoms with Gasteiger partial charge in [-0.2, -0.15) is 0 Å². The summed E-state index contributed by atoms with van der Waals surface area (Å²) >= 11 is 0. The van der Waals surface area contributed by atoms with Crippen LogP contribution in [0.5, 0.6) is 0 Å². The molecule has 0 aliphatic carbocycles. The van der Waals surface area contributed by atoms with Gasteiger partial charge in [0.25, 0.3) is 0 Å². The Hall–Kier alpha value is -1.36. The number of aromatic amines is 1. The lowest BCUT2D eigenvalue weighted by Crippen LogP contribution is -2.21. The minimum absolute atomic E-state index is 0.271. The summed E-state index contributed by atoms with van der Waals surface area (Å²) in [5.41, 5.74) is 5.19. The van der Waals surface area contributed by atoms with Gasteiger partial charge in [0.15, 0.2) is 6.04 Å². The maximum Gasteiger partial charge on any atom is 0.328 e. The molecule has 0 aromatic carbocycles. The van der Waals surface area contributed by atoms with Crippen molar-refractivity contribution in [2.24, 2.45) is 5.73 Å². The van der Waals surface area contributed by atoms with E-state index in [2.05, 4.69) is 9.97 Å². The largest absolute Gasteiger partial charge is 0.480 e. The van der Waals surface area contributed by atoms with Gasteiger partial charge >= 0.3 is 5.97 Å². The Morgan fingerprint density at radius 1 is 1.90 bits per heavy atom. The maximum atomic E-state index is 10.2. The Balaban J connectivity index is 2.77. The number of rotatable bonds is 2. The number of H-pyrrole nitrogens is 1. The number of nitrogens with one attached hydrogen (secondary N) is 1.